The molecule has 2 fully saturated rings. The Morgan fingerprint density at radius 2 is 1.52 bits per heavy atom. The number of nitrogens with zero attached hydrogens (tertiary/aromatic N) is 2. The van der Waals surface area contributed by atoms with Crippen LogP contribution in [0.15, 0.2) is 48.5 Å². The highest BCUT2D eigenvalue weighted by Crippen LogP contribution is 2.37. The Morgan fingerprint density at radius 3 is 2.21 bits per heavy atom. The van der Waals surface area contributed by atoms with E-state index in [2.05, 4.69) is 0 Å². The number of likely N-dealkylation sites (tertiary alicyclic amines) is 2. The van der Waals surface area contributed by atoms with E-state index >= 15 is 0 Å². The molecule has 4 rings (SSSR count). The maximum Gasteiger partial charge on any atom is 0.256 e. The molecule has 0 aliphatic carbocycles. The topological polar surface area (TPSA) is 49.9 Å². The normalized spacial score (nSPS) is 21.0. The number of hydrogen-bond donors (Lipinski definition) is 0. The van der Waals surface area contributed by atoms with Crippen molar-refractivity contribution >= 4 is 35.0 Å². The molecule has 33 heavy (non-hydrogen) atoms. The minimum absolute atomic E-state index is 0.149. The van der Waals surface area contributed by atoms with Gasteiger partial charge in [0, 0.05) is 38.0 Å². The summed E-state index contributed by atoms with van der Waals surface area (Å²) in [6.45, 7) is 3.03. The van der Waals surface area contributed by atoms with Gasteiger partial charge in [0.2, 0.25) is 5.91 Å². The van der Waals surface area contributed by atoms with Crippen LogP contribution in [0.3, 0.4) is 0 Å². The minimum Gasteiger partial charge on any atom is -0.493 e. The second-order valence-corrected chi connectivity index (χ2v) is 9.96. The van der Waals surface area contributed by atoms with Gasteiger partial charge >= 0.3 is 0 Å². The van der Waals surface area contributed by atoms with Gasteiger partial charge in [-0.25, -0.2) is 0 Å². The molecule has 7 heteroatoms. The van der Waals surface area contributed by atoms with Gasteiger partial charge < -0.3 is 14.5 Å². The van der Waals surface area contributed by atoms with Crippen LogP contribution in [0.25, 0.3) is 0 Å². The van der Waals surface area contributed by atoms with Gasteiger partial charge in [0.1, 0.15) is 5.75 Å². The number of carbonyl (C=O) groups is 2. The summed E-state index contributed by atoms with van der Waals surface area (Å²) in [6.07, 6.45) is 5.25. The third kappa shape index (κ3) is 5.82. The molecule has 0 N–H and O–H groups in total. The first kappa shape index (κ1) is 23.9. The van der Waals surface area contributed by atoms with Gasteiger partial charge in [0.05, 0.1) is 22.2 Å². The second kappa shape index (κ2) is 10.8. The van der Waals surface area contributed by atoms with Crippen LogP contribution < -0.4 is 4.74 Å². The van der Waals surface area contributed by atoms with E-state index in [4.69, 9.17) is 27.9 Å². The number of carbonyl (C=O) groups excluding carboxylic acids is 2. The number of amides is 2. The maximum atomic E-state index is 13.4. The molecule has 0 unspecified atom stereocenters. The van der Waals surface area contributed by atoms with Crippen molar-refractivity contribution in [3.8, 4) is 5.75 Å². The molecule has 0 bridgehead atoms. The Morgan fingerprint density at radius 1 is 0.848 bits per heavy atom. The van der Waals surface area contributed by atoms with Crippen molar-refractivity contribution in [1.82, 2.24) is 9.80 Å². The molecule has 0 radical (unpaired) electrons. The van der Waals surface area contributed by atoms with Crippen LogP contribution in [0.1, 0.15) is 48.9 Å². The Labute approximate surface area is 205 Å². The molecule has 2 heterocycles. The highest BCUT2D eigenvalue weighted by atomic mass is 35.5. The van der Waals surface area contributed by atoms with E-state index < -0.39 is 5.41 Å². The van der Waals surface area contributed by atoms with Crippen LogP contribution in [0, 0.1) is 5.41 Å². The number of ether oxygens (including phenoxy) is 1. The first-order valence-corrected chi connectivity index (χ1v) is 12.4. The average Bonchev–Trinajstić information content (AvgIpc) is 2.84. The van der Waals surface area contributed by atoms with Gasteiger partial charge in [-0.3, -0.25) is 9.59 Å². The van der Waals surface area contributed by atoms with Gasteiger partial charge in [-0.05, 0) is 56.4 Å². The fourth-order valence-electron chi connectivity index (χ4n) is 4.88. The van der Waals surface area contributed by atoms with E-state index in [1.807, 2.05) is 35.2 Å². The zero-order valence-corrected chi connectivity index (χ0v) is 20.3. The van der Waals surface area contributed by atoms with Crippen LogP contribution in [-0.4, -0.2) is 54.4 Å². The molecule has 0 aromatic heterocycles. The van der Waals surface area contributed by atoms with Crippen LogP contribution in [0.4, 0.5) is 0 Å². The van der Waals surface area contributed by atoms with Crippen molar-refractivity contribution in [2.45, 2.75) is 38.5 Å². The van der Waals surface area contributed by atoms with E-state index in [-0.39, 0.29) is 11.8 Å². The summed E-state index contributed by atoms with van der Waals surface area (Å²) in [6, 6.07) is 14.7. The predicted octanol–water partition coefficient (Wildman–Crippen LogP) is 5.70. The summed E-state index contributed by atoms with van der Waals surface area (Å²) in [5.74, 6) is 0.719. The number of rotatable bonds is 6. The number of halogens is 2. The second-order valence-electron chi connectivity index (χ2n) is 9.15. The Hall–Kier alpha value is -2.24. The van der Waals surface area contributed by atoms with Crippen molar-refractivity contribution in [2.24, 2.45) is 5.41 Å². The van der Waals surface area contributed by atoms with Crippen molar-refractivity contribution in [3.05, 3.63) is 64.1 Å². The molecule has 2 saturated heterocycles. The van der Waals surface area contributed by atoms with Crippen molar-refractivity contribution in [3.63, 3.8) is 0 Å². The number of piperidine rings is 2. The van der Waals surface area contributed by atoms with Gasteiger partial charge in [-0.1, -0.05) is 47.5 Å². The van der Waals surface area contributed by atoms with Crippen LogP contribution in [0.2, 0.25) is 10.0 Å². The van der Waals surface area contributed by atoms with E-state index in [9.17, 15) is 9.59 Å². The van der Waals surface area contributed by atoms with Gasteiger partial charge in [0.15, 0.2) is 0 Å². The zero-order valence-electron chi connectivity index (χ0n) is 18.8. The molecule has 2 aliphatic heterocycles. The van der Waals surface area contributed by atoms with Crippen LogP contribution >= 0.6 is 23.2 Å². The molecule has 5 nitrogen and oxygen atoms in total. The van der Waals surface area contributed by atoms with Crippen molar-refractivity contribution < 1.29 is 14.3 Å². The minimum atomic E-state index is -0.466. The SMILES string of the molecule is O=C(C[C@]1(COc2ccccc2)CCCN(C(=O)c2c(Cl)cccc2Cl)C1)N1CCCCC1. The highest BCUT2D eigenvalue weighted by Gasteiger charge is 2.41. The Bertz CT molecular complexity index is 959. The molecule has 2 aromatic rings. The monoisotopic (exact) mass is 488 g/mol. The summed E-state index contributed by atoms with van der Waals surface area (Å²) in [5.41, 5.74) is -0.144. The molecule has 2 amide bonds. The lowest BCUT2D eigenvalue weighted by molar-refractivity contribution is -0.136. The summed E-state index contributed by atoms with van der Waals surface area (Å²) in [5, 5.41) is 0.683. The largest absolute Gasteiger partial charge is 0.493 e. The van der Waals surface area contributed by atoms with E-state index in [0.29, 0.717) is 41.7 Å². The fraction of sp³-hybridized carbons (Fsp3) is 0.462. The zero-order chi connectivity index (χ0) is 23.3. The van der Waals surface area contributed by atoms with E-state index in [1.165, 1.54) is 6.42 Å². The molecule has 0 spiro atoms. The van der Waals surface area contributed by atoms with E-state index in [0.717, 1.165) is 44.5 Å². The average molecular weight is 489 g/mol. The molecular weight excluding hydrogens is 459 g/mol. The third-order valence-electron chi connectivity index (χ3n) is 6.65. The molecule has 176 valence electrons. The first-order valence-electron chi connectivity index (χ1n) is 11.7. The van der Waals surface area contributed by atoms with Crippen molar-refractivity contribution in [1.29, 1.82) is 0 Å². The van der Waals surface area contributed by atoms with E-state index in [1.54, 1.807) is 23.1 Å². The third-order valence-corrected chi connectivity index (χ3v) is 7.28. The molecule has 2 aromatic carbocycles. The summed E-state index contributed by atoms with van der Waals surface area (Å²) in [4.78, 5) is 30.4. The van der Waals surface area contributed by atoms with Crippen molar-refractivity contribution in [2.75, 3.05) is 32.8 Å². The Kier molecular flexibility index (Phi) is 7.82. The predicted molar refractivity (Wildman–Crippen MR) is 131 cm³/mol. The van der Waals surface area contributed by atoms with Gasteiger partial charge in [-0.2, -0.15) is 0 Å². The lowest BCUT2D eigenvalue weighted by atomic mass is 9.77. The fourth-order valence-corrected chi connectivity index (χ4v) is 5.44. The van der Waals surface area contributed by atoms with Crippen LogP contribution in [-0.2, 0) is 4.79 Å². The smallest absolute Gasteiger partial charge is 0.256 e. The molecular formula is C26H30Cl2N2O3. The summed E-state index contributed by atoms with van der Waals surface area (Å²) >= 11 is 12.6. The Balaban J connectivity index is 1.56. The quantitative estimate of drug-likeness (QED) is 0.523. The van der Waals surface area contributed by atoms with Crippen LogP contribution in [0.5, 0.6) is 5.75 Å². The molecule has 1 atom stereocenters. The number of benzene rings is 2. The molecule has 0 saturated carbocycles. The first-order chi connectivity index (χ1) is 16.0. The highest BCUT2D eigenvalue weighted by molar-refractivity contribution is 6.39. The van der Waals surface area contributed by atoms with Gasteiger partial charge in [0.25, 0.3) is 5.91 Å². The standard InChI is InChI=1S/C26H30Cl2N2O3/c27-21-11-7-12-22(28)24(21)25(32)30-16-8-13-26(18-30,19-33-20-9-3-1-4-10-20)17-23(31)29-14-5-2-6-15-29/h1,3-4,7,9-12H,2,5-6,8,13-19H2/t26-/m1/s1. The number of hydrogen-bond acceptors (Lipinski definition) is 3. The lowest BCUT2D eigenvalue weighted by Crippen LogP contribution is -2.51. The maximum absolute atomic E-state index is 13.4. The number of para-hydroxylation sites is 1. The molecule has 2 aliphatic rings. The summed E-state index contributed by atoms with van der Waals surface area (Å²) < 4.78 is 6.16. The van der Waals surface area contributed by atoms with Gasteiger partial charge in [-0.15, -0.1) is 0 Å². The lowest BCUT2D eigenvalue weighted by Gasteiger charge is -2.43. The summed E-state index contributed by atoms with van der Waals surface area (Å²) in [7, 11) is 0.